The van der Waals surface area contributed by atoms with Gasteiger partial charge >= 0.3 is 5.69 Å². The van der Waals surface area contributed by atoms with Crippen LogP contribution in [0.15, 0.2) is 42.6 Å². The molecule has 0 atom stereocenters. The third-order valence-electron chi connectivity index (χ3n) is 4.05. The van der Waals surface area contributed by atoms with Gasteiger partial charge in [-0.25, -0.2) is 0 Å². The van der Waals surface area contributed by atoms with Crippen molar-refractivity contribution >= 4 is 34.1 Å². The highest BCUT2D eigenvalue weighted by Crippen LogP contribution is 2.27. The lowest BCUT2D eigenvalue weighted by Gasteiger charge is -2.07. The zero-order valence-electron chi connectivity index (χ0n) is 13.9. The van der Waals surface area contributed by atoms with Gasteiger partial charge in [0.25, 0.3) is 5.91 Å². The molecule has 1 heterocycles. The highest BCUT2D eigenvalue weighted by molar-refractivity contribution is 6.31. The molecule has 0 saturated carbocycles. The summed E-state index contributed by atoms with van der Waals surface area (Å²) in [6.07, 6.45) is 2.48. The van der Waals surface area contributed by atoms with Crippen molar-refractivity contribution in [2.45, 2.75) is 6.42 Å². The van der Waals surface area contributed by atoms with Crippen molar-refractivity contribution in [3.63, 3.8) is 0 Å². The summed E-state index contributed by atoms with van der Waals surface area (Å²) in [6.45, 7) is 0.387. The number of ether oxygens (including phenoxy) is 1. The molecule has 0 unspecified atom stereocenters. The third kappa shape index (κ3) is 3.62. The molecule has 0 aliphatic carbocycles. The van der Waals surface area contributed by atoms with Crippen LogP contribution in [0.5, 0.6) is 5.75 Å². The van der Waals surface area contributed by atoms with E-state index in [1.54, 1.807) is 0 Å². The average molecular weight is 374 g/mol. The normalized spacial score (nSPS) is 10.7. The number of H-pyrrole nitrogens is 1. The monoisotopic (exact) mass is 373 g/mol. The van der Waals surface area contributed by atoms with Crippen molar-refractivity contribution in [1.29, 1.82) is 0 Å². The second-order valence-corrected chi connectivity index (χ2v) is 6.09. The van der Waals surface area contributed by atoms with E-state index in [9.17, 15) is 14.9 Å². The molecule has 0 aliphatic heterocycles. The van der Waals surface area contributed by atoms with Crippen LogP contribution in [0.4, 0.5) is 5.69 Å². The van der Waals surface area contributed by atoms with Gasteiger partial charge in [0.2, 0.25) is 0 Å². The van der Waals surface area contributed by atoms with Crippen molar-refractivity contribution < 1.29 is 14.5 Å². The van der Waals surface area contributed by atoms with Gasteiger partial charge in [0.15, 0.2) is 5.75 Å². The van der Waals surface area contributed by atoms with Crippen molar-refractivity contribution in [3.8, 4) is 5.75 Å². The number of hydrogen-bond acceptors (Lipinski definition) is 4. The van der Waals surface area contributed by atoms with E-state index in [0.29, 0.717) is 18.0 Å². The highest BCUT2D eigenvalue weighted by Gasteiger charge is 2.18. The van der Waals surface area contributed by atoms with Gasteiger partial charge in [0.1, 0.15) is 0 Å². The van der Waals surface area contributed by atoms with E-state index in [1.807, 2.05) is 24.4 Å². The zero-order chi connectivity index (χ0) is 18.7. The van der Waals surface area contributed by atoms with Crippen LogP contribution in [-0.2, 0) is 6.42 Å². The maximum Gasteiger partial charge on any atom is 0.311 e. The van der Waals surface area contributed by atoms with Gasteiger partial charge in [-0.15, -0.1) is 0 Å². The molecule has 1 amide bonds. The topological polar surface area (TPSA) is 97.3 Å². The minimum absolute atomic E-state index is 0.113. The van der Waals surface area contributed by atoms with E-state index in [0.717, 1.165) is 16.5 Å². The first-order chi connectivity index (χ1) is 12.5. The predicted octanol–water partition coefficient (Wildman–Crippen LogP) is 3.71. The summed E-state index contributed by atoms with van der Waals surface area (Å²) >= 11 is 6.03. The highest BCUT2D eigenvalue weighted by atomic mass is 35.5. The number of carbonyl (C=O) groups excluding carboxylic acids is 1. The smallest absolute Gasteiger partial charge is 0.311 e. The number of aromatic nitrogens is 1. The number of carbonyl (C=O) groups is 1. The molecule has 26 heavy (non-hydrogen) atoms. The van der Waals surface area contributed by atoms with Crippen molar-refractivity contribution in [2.24, 2.45) is 0 Å². The molecule has 0 aliphatic rings. The molecule has 0 bridgehead atoms. The van der Waals surface area contributed by atoms with Crippen LogP contribution < -0.4 is 10.1 Å². The zero-order valence-corrected chi connectivity index (χ0v) is 14.7. The molecule has 0 fully saturated rings. The number of benzene rings is 2. The van der Waals surface area contributed by atoms with Crippen LogP contribution in [-0.4, -0.2) is 29.5 Å². The van der Waals surface area contributed by atoms with Crippen LogP contribution in [0.2, 0.25) is 5.02 Å². The van der Waals surface area contributed by atoms with Gasteiger partial charge in [-0.3, -0.25) is 14.9 Å². The summed E-state index contributed by atoms with van der Waals surface area (Å²) in [7, 11) is 1.34. The van der Waals surface area contributed by atoms with Crippen LogP contribution >= 0.6 is 11.6 Å². The number of halogens is 1. The molecule has 0 radical (unpaired) electrons. The van der Waals surface area contributed by atoms with Gasteiger partial charge in [-0.05, 0) is 42.3 Å². The number of nitrogens with zero attached hydrogens (tertiary/aromatic N) is 1. The van der Waals surface area contributed by atoms with E-state index in [4.69, 9.17) is 16.3 Å². The molecule has 3 aromatic rings. The Labute approximate surface area is 154 Å². The molecule has 2 N–H and O–H groups in total. The number of rotatable bonds is 6. The minimum atomic E-state index is -0.578. The minimum Gasteiger partial charge on any atom is -0.490 e. The summed E-state index contributed by atoms with van der Waals surface area (Å²) in [5, 5.41) is 15.5. The van der Waals surface area contributed by atoms with E-state index in [2.05, 4.69) is 10.3 Å². The molecule has 0 saturated heterocycles. The number of hydrogen-bond donors (Lipinski definition) is 2. The first kappa shape index (κ1) is 17.8. The Morgan fingerprint density at radius 3 is 2.85 bits per heavy atom. The van der Waals surface area contributed by atoms with Gasteiger partial charge in [-0.2, -0.15) is 0 Å². The molecule has 8 heteroatoms. The van der Waals surface area contributed by atoms with Gasteiger partial charge in [0.05, 0.1) is 12.0 Å². The van der Waals surface area contributed by atoms with E-state index in [-0.39, 0.29) is 22.9 Å². The fourth-order valence-electron chi connectivity index (χ4n) is 2.74. The van der Waals surface area contributed by atoms with Crippen molar-refractivity contribution in [3.05, 3.63) is 68.9 Å². The SMILES string of the molecule is COc1ccc(C(=O)NCCc2c[nH]c3ccc(Cl)cc23)cc1[N+](=O)[O-]. The van der Waals surface area contributed by atoms with Crippen LogP contribution in [0, 0.1) is 10.1 Å². The van der Waals surface area contributed by atoms with Crippen molar-refractivity contribution in [1.82, 2.24) is 10.3 Å². The molecule has 0 spiro atoms. The average Bonchev–Trinajstić information content (AvgIpc) is 3.03. The van der Waals surface area contributed by atoms with Crippen LogP contribution in [0.3, 0.4) is 0 Å². The van der Waals surface area contributed by atoms with Gasteiger partial charge in [0, 0.05) is 40.3 Å². The quantitative estimate of drug-likeness (QED) is 0.508. The lowest BCUT2D eigenvalue weighted by molar-refractivity contribution is -0.385. The maximum atomic E-state index is 12.3. The van der Waals surface area contributed by atoms with E-state index >= 15 is 0 Å². The summed E-state index contributed by atoms with van der Waals surface area (Å²) in [5.74, 6) is -0.268. The summed E-state index contributed by atoms with van der Waals surface area (Å²) < 4.78 is 4.93. The van der Waals surface area contributed by atoms with Crippen LogP contribution in [0.1, 0.15) is 15.9 Å². The Morgan fingerprint density at radius 1 is 1.31 bits per heavy atom. The standard InChI is InChI=1S/C18H16ClN3O4/c1-26-17-5-2-11(8-16(17)22(24)25)18(23)20-7-6-12-10-21-15-4-3-13(19)9-14(12)15/h2-5,8-10,21H,6-7H2,1H3,(H,20,23). The van der Waals surface area contributed by atoms with E-state index in [1.165, 1.54) is 25.3 Å². The largest absolute Gasteiger partial charge is 0.490 e. The van der Waals surface area contributed by atoms with E-state index < -0.39 is 4.92 Å². The Kier molecular flexibility index (Phi) is 5.09. The predicted molar refractivity (Wildman–Crippen MR) is 99.0 cm³/mol. The number of aromatic amines is 1. The maximum absolute atomic E-state index is 12.3. The summed E-state index contributed by atoms with van der Waals surface area (Å²) in [6, 6.07) is 9.69. The molecular formula is C18H16ClN3O4. The number of fused-ring (bicyclic) bond motifs is 1. The summed E-state index contributed by atoms with van der Waals surface area (Å²) in [4.78, 5) is 25.9. The molecular weight excluding hydrogens is 358 g/mol. The number of amides is 1. The lowest BCUT2D eigenvalue weighted by atomic mass is 10.1. The van der Waals surface area contributed by atoms with Gasteiger partial charge in [-0.1, -0.05) is 11.6 Å². The summed E-state index contributed by atoms with van der Waals surface area (Å²) in [5.41, 5.74) is 1.97. The molecule has 134 valence electrons. The number of nitrogens with one attached hydrogen (secondary N) is 2. The Bertz CT molecular complexity index is 984. The molecule has 2 aromatic carbocycles. The molecule has 1 aromatic heterocycles. The fourth-order valence-corrected chi connectivity index (χ4v) is 2.92. The Morgan fingerprint density at radius 2 is 2.12 bits per heavy atom. The third-order valence-corrected chi connectivity index (χ3v) is 4.28. The molecule has 7 nitrogen and oxygen atoms in total. The second-order valence-electron chi connectivity index (χ2n) is 5.65. The first-order valence-corrected chi connectivity index (χ1v) is 8.23. The second kappa shape index (κ2) is 7.45. The number of methoxy groups -OCH3 is 1. The van der Waals surface area contributed by atoms with Crippen molar-refractivity contribution in [2.75, 3.05) is 13.7 Å². The number of nitro groups is 1. The molecule has 3 rings (SSSR count). The fraction of sp³-hybridized carbons (Fsp3) is 0.167. The lowest BCUT2D eigenvalue weighted by Crippen LogP contribution is -2.25. The van der Waals surface area contributed by atoms with Crippen LogP contribution in [0.25, 0.3) is 10.9 Å². The first-order valence-electron chi connectivity index (χ1n) is 7.85. The number of nitro benzene ring substituents is 1. The van der Waals surface area contributed by atoms with Gasteiger partial charge < -0.3 is 15.0 Å². The Balaban J connectivity index is 1.68. The Hall–Kier alpha value is -3.06.